The maximum Gasteiger partial charge on any atom is 0.285 e. The second kappa shape index (κ2) is 7.27. The molecule has 1 fully saturated rings. The molecule has 146 valence electrons. The van der Waals surface area contributed by atoms with E-state index in [0.717, 1.165) is 17.7 Å². The molecule has 2 aliphatic rings. The third-order valence-corrected chi connectivity index (χ3v) is 6.37. The smallest absolute Gasteiger partial charge is 0.285 e. The molecular formula is C20H21N3O4S. The van der Waals surface area contributed by atoms with Crippen LogP contribution in [-0.4, -0.2) is 44.8 Å². The molecule has 0 aliphatic carbocycles. The summed E-state index contributed by atoms with van der Waals surface area (Å²) in [5.74, 6) is 0.968. The lowest BCUT2D eigenvalue weighted by Gasteiger charge is -2.25. The number of carbonyl (C=O) groups excluding carboxylic acids is 1. The number of methoxy groups -OCH3 is 1. The zero-order valence-electron chi connectivity index (χ0n) is 15.5. The van der Waals surface area contributed by atoms with Crippen molar-refractivity contribution in [2.45, 2.75) is 30.3 Å². The first kappa shape index (κ1) is 18.5. The Kier molecular flexibility index (Phi) is 4.80. The van der Waals surface area contributed by atoms with Crippen molar-refractivity contribution in [1.82, 2.24) is 10.2 Å². The first-order valence-electron chi connectivity index (χ1n) is 9.11. The second-order valence-electron chi connectivity index (χ2n) is 6.81. The highest BCUT2D eigenvalue weighted by Crippen LogP contribution is 2.31. The summed E-state index contributed by atoms with van der Waals surface area (Å²) in [6.07, 6.45) is 1.46. The molecule has 4 rings (SSSR count). The summed E-state index contributed by atoms with van der Waals surface area (Å²) in [6.45, 7) is 0.974. The van der Waals surface area contributed by atoms with Crippen molar-refractivity contribution in [3.8, 4) is 5.75 Å². The van der Waals surface area contributed by atoms with Gasteiger partial charge in [-0.15, -0.1) is 4.40 Å². The molecule has 2 heterocycles. The molecule has 2 aromatic rings. The molecular weight excluding hydrogens is 378 g/mol. The maximum atomic E-state index is 12.8. The first-order chi connectivity index (χ1) is 13.5. The Morgan fingerprint density at radius 2 is 2.07 bits per heavy atom. The monoisotopic (exact) mass is 399 g/mol. The number of amides is 1. The summed E-state index contributed by atoms with van der Waals surface area (Å²) >= 11 is 0. The summed E-state index contributed by atoms with van der Waals surface area (Å²) in [5.41, 5.74) is 1.50. The molecule has 2 aliphatic heterocycles. The van der Waals surface area contributed by atoms with E-state index in [9.17, 15) is 13.2 Å². The Labute approximate surface area is 164 Å². The molecule has 0 aromatic heterocycles. The number of hydrogen-bond acceptors (Lipinski definition) is 5. The van der Waals surface area contributed by atoms with E-state index in [2.05, 4.69) is 9.71 Å². The molecule has 0 bridgehead atoms. The Bertz CT molecular complexity index is 1050. The van der Waals surface area contributed by atoms with Gasteiger partial charge in [0.15, 0.2) is 5.84 Å². The number of rotatable bonds is 4. The fourth-order valence-electron chi connectivity index (χ4n) is 3.68. The summed E-state index contributed by atoms with van der Waals surface area (Å²) in [4.78, 5) is 14.8. The highest BCUT2D eigenvalue weighted by Gasteiger charge is 2.39. The third-order valence-electron chi connectivity index (χ3n) is 5.04. The van der Waals surface area contributed by atoms with Gasteiger partial charge < -0.3 is 15.0 Å². The van der Waals surface area contributed by atoms with Crippen LogP contribution in [-0.2, 0) is 21.4 Å². The van der Waals surface area contributed by atoms with Crippen molar-refractivity contribution in [2.75, 3.05) is 13.7 Å². The Balaban J connectivity index is 1.52. The zero-order chi connectivity index (χ0) is 19.7. The zero-order valence-corrected chi connectivity index (χ0v) is 16.3. The topological polar surface area (TPSA) is 88.1 Å². The van der Waals surface area contributed by atoms with E-state index in [1.807, 2.05) is 29.2 Å². The fraction of sp³-hybridized carbons (Fsp3) is 0.300. The molecule has 1 amide bonds. The summed E-state index contributed by atoms with van der Waals surface area (Å²) in [7, 11) is -2.10. The van der Waals surface area contributed by atoms with Crippen molar-refractivity contribution >= 4 is 21.8 Å². The van der Waals surface area contributed by atoms with Crippen LogP contribution in [0.4, 0.5) is 0 Å². The predicted octanol–water partition coefficient (Wildman–Crippen LogP) is 1.92. The molecule has 0 spiro atoms. The van der Waals surface area contributed by atoms with Crippen LogP contribution in [0.3, 0.4) is 0 Å². The molecule has 28 heavy (non-hydrogen) atoms. The Morgan fingerprint density at radius 3 is 2.89 bits per heavy atom. The number of ether oxygens (including phenoxy) is 1. The molecule has 1 N–H and O–H groups in total. The molecule has 2 aromatic carbocycles. The van der Waals surface area contributed by atoms with Gasteiger partial charge in [0.2, 0.25) is 5.91 Å². The van der Waals surface area contributed by atoms with Crippen molar-refractivity contribution in [1.29, 1.82) is 0 Å². The van der Waals surface area contributed by atoms with Gasteiger partial charge in [-0.05, 0) is 42.7 Å². The second-order valence-corrected chi connectivity index (χ2v) is 8.38. The minimum absolute atomic E-state index is 0.134. The van der Waals surface area contributed by atoms with Gasteiger partial charge in [-0.2, -0.15) is 8.42 Å². The van der Waals surface area contributed by atoms with Crippen LogP contribution in [0.2, 0.25) is 0 Å². The van der Waals surface area contributed by atoms with Gasteiger partial charge in [0.25, 0.3) is 10.0 Å². The van der Waals surface area contributed by atoms with Crippen molar-refractivity contribution in [3.05, 3.63) is 59.7 Å². The number of amidine groups is 1. The molecule has 1 saturated heterocycles. The number of benzene rings is 2. The van der Waals surface area contributed by atoms with Crippen molar-refractivity contribution in [3.63, 3.8) is 0 Å². The van der Waals surface area contributed by atoms with Crippen LogP contribution in [0, 0.1) is 0 Å². The van der Waals surface area contributed by atoms with E-state index >= 15 is 0 Å². The normalized spacial score (nSPS) is 19.8. The number of sulfonamides is 1. The van der Waals surface area contributed by atoms with Crippen LogP contribution in [0.15, 0.2) is 57.8 Å². The van der Waals surface area contributed by atoms with E-state index in [-0.39, 0.29) is 10.8 Å². The van der Waals surface area contributed by atoms with Gasteiger partial charge in [-0.3, -0.25) is 4.79 Å². The van der Waals surface area contributed by atoms with E-state index in [0.29, 0.717) is 30.9 Å². The van der Waals surface area contributed by atoms with Crippen LogP contribution in [0.25, 0.3) is 0 Å². The lowest BCUT2D eigenvalue weighted by atomic mass is 10.1. The molecule has 0 saturated carbocycles. The highest BCUT2D eigenvalue weighted by atomic mass is 32.2. The number of carbonyl (C=O) groups is 1. The summed E-state index contributed by atoms with van der Waals surface area (Å²) in [6, 6.07) is 13.8. The Hall–Kier alpha value is -2.87. The largest absolute Gasteiger partial charge is 0.497 e. The van der Waals surface area contributed by atoms with Crippen molar-refractivity contribution < 1.29 is 17.9 Å². The molecule has 1 atom stereocenters. The van der Waals surface area contributed by atoms with E-state index < -0.39 is 16.1 Å². The van der Waals surface area contributed by atoms with Gasteiger partial charge in [-0.25, -0.2) is 0 Å². The number of hydrogen-bond donors (Lipinski definition) is 1. The number of likely N-dealkylation sites (tertiary alicyclic amines) is 1. The van der Waals surface area contributed by atoms with Crippen molar-refractivity contribution in [2.24, 2.45) is 4.40 Å². The molecule has 0 radical (unpaired) electrons. The first-order valence-corrected chi connectivity index (χ1v) is 10.6. The number of nitrogens with zero attached hydrogens (tertiary/aromatic N) is 2. The van der Waals surface area contributed by atoms with E-state index in [1.54, 1.807) is 31.4 Å². The van der Waals surface area contributed by atoms with Gasteiger partial charge in [0.1, 0.15) is 16.7 Å². The number of nitrogens with one attached hydrogen (secondary N) is 1. The lowest BCUT2D eigenvalue weighted by Crippen LogP contribution is -2.45. The molecule has 8 heteroatoms. The number of fused-ring (bicyclic) bond motifs is 1. The summed E-state index contributed by atoms with van der Waals surface area (Å²) < 4.78 is 33.8. The van der Waals surface area contributed by atoms with Crippen LogP contribution in [0.5, 0.6) is 5.75 Å². The minimum Gasteiger partial charge on any atom is -0.497 e. The lowest BCUT2D eigenvalue weighted by molar-refractivity contribution is -0.124. The van der Waals surface area contributed by atoms with Crippen LogP contribution in [0.1, 0.15) is 24.0 Å². The van der Waals surface area contributed by atoms with Gasteiger partial charge >= 0.3 is 0 Å². The van der Waals surface area contributed by atoms with Crippen LogP contribution >= 0.6 is 0 Å². The van der Waals surface area contributed by atoms with Gasteiger partial charge in [-0.1, -0.05) is 24.3 Å². The summed E-state index contributed by atoms with van der Waals surface area (Å²) in [5, 5.41) is 2.95. The fourth-order valence-corrected chi connectivity index (χ4v) is 4.89. The third kappa shape index (κ3) is 3.35. The van der Waals surface area contributed by atoms with Gasteiger partial charge in [0, 0.05) is 18.7 Å². The maximum absolute atomic E-state index is 12.8. The van der Waals surface area contributed by atoms with E-state index in [1.165, 1.54) is 0 Å². The highest BCUT2D eigenvalue weighted by molar-refractivity contribution is 7.90. The standard InChI is InChI=1S/C20H21N3O4S/c1-27-15-7-4-6-14(12-15)13-21-20(24)17-9-5-11-23(17)19-16-8-2-3-10-18(16)28(25,26)22-19/h2-4,6-8,10,12,17H,5,9,11,13H2,1H3,(H,21,24)/t17-/m0/s1. The molecule has 0 unspecified atom stereocenters. The Morgan fingerprint density at radius 1 is 1.25 bits per heavy atom. The van der Waals surface area contributed by atoms with Gasteiger partial charge in [0.05, 0.1) is 7.11 Å². The average molecular weight is 399 g/mol. The SMILES string of the molecule is COc1cccc(CNC(=O)[C@@H]2CCCN2C2=NS(=O)(=O)c3ccccc32)c1. The quantitative estimate of drug-likeness (QED) is 0.849. The molecule has 7 nitrogen and oxygen atoms in total. The van der Waals surface area contributed by atoms with Crippen LogP contribution < -0.4 is 10.1 Å². The van der Waals surface area contributed by atoms with E-state index in [4.69, 9.17) is 4.74 Å². The average Bonchev–Trinajstić information content (AvgIpc) is 3.29. The predicted molar refractivity (Wildman–Crippen MR) is 105 cm³/mol. The minimum atomic E-state index is -3.70.